The fraction of sp³-hybridized carbons (Fsp3) is 1.00. The molecule has 16 heavy (non-hydrogen) atoms. The first-order chi connectivity index (χ1) is 7.35. The second-order valence-corrected chi connectivity index (χ2v) is 6.70. The lowest BCUT2D eigenvalue weighted by atomic mass is 9.90. The molecule has 0 aliphatic heterocycles. The summed E-state index contributed by atoms with van der Waals surface area (Å²) in [7, 11) is 0. The normalized spacial score (nSPS) is 18.2. The first-order valence-electron chi connectivity index (χ1n) is 6.51. The number of hydrogen-bond acceptors (Lipinski definition) is 2. The third-order valence-electron chi connectivity index (χ3n) is 3.95. The van der Waals surface area contributed by atoms with Crippen molar-refractivity contribution >= 4 is 11.8 Å². The zero-order valence-electron chi connectivity index (χ0n) is 12.2. The summed E-state index contributed by atoms with van der Waals surface area (Å²) in [6.07, 6.45) is 4.61. The Balaban J connectivity index is 4.03. The van der Waals surface area contributed by atoms with Gasteiger partial charge in [-0.25, -0.2) is 0 Å². The Morgan fingerprint density at radius 1 is 1.19 bits per heavy atom. The highest BCUT2D eigenvalue weighted by atomic mass is 32.2. The molecule has 0 aliphatic carbocycles. The summed E-state index contributed by atoms with van der Waals surface area (Å²) < 4.78 is 6.07. The first-order valence-corrected chi connectivity index (χ1v) is 7.80. The van der Waals surface area contributed by atoms with E-state index in [9.17, 15) is 0 Å². The predicted octanol–water partition coefficient (Wildman–Crippen LogP) is 4.61. The molecule has 0 aromatic rings. The van der Waals surface area contributed by atoms with E-state index in [1.165, 1.54) is 12.8 Å². The van der Waals surface area contributed by atoms with Gasteiger partial charge in [-0.3, -0.25) is 0 Å². The number of ether oxygens (including phenoxy) is 1. The van der Waals surface area contributed by atoms with E-state index in [0.717, 1.165) is 12.5 Å². The second kappa shape index (κ2) is 7.60. The molecule has 98 valence electrons. The summed E-state index contributed by atoms with van der Waals surface area (Å²) in [5, 5.41) is 0.651. The van der Waals surface area contributed by atoms with Crippen LogP contribution in [-0.4, -0.2) is 23.7 Å². The molecule has 0 spiro atoms. The smallest absolute Gasteiger partial charge is 0.0662 e. The molecular formula is C14H30OS. The summed E-state index contributed by atoms with van der Waals surface area (Å²) in [4.78, 5) is 0. The van der Waals surface area contributed by atoms with E-state index in [4.69, 9.17) is 4.74 Å². The van der Waals surface area contributed by atoms with E-state index in [1.807, 2.05) is 11.8 Å². The quantitative estimate of drug-likeness (QED) is 0.619. The Morgan fingerprint density at radius 3 is 2.19 bits per heavy atom. The molecule has 0 rings (SSSR count). The number of thioether (sulfide) groups is 1. The van der Waals surface area contributed by atoms with Crippen molar-refractivity contribution in [1.29, 1.82) is 0 Å². The highest BCUT2D eigenvalue weighted by molar-refractivity contribution is 7.99. The van der Waals surface area contributed by atoms with Gasteiger partial charge in [0.25, 0.3) is 0 Å². The zero-order valence-corrected chi connectivity index (χ0v) is 13.0. The van der Waals surface area contributed by atoms with Crippen molar-refractivity contribution in [2.24, 2.45) is 11.8 Å². The molecule has 0 aliphatic rings. The van der Waals surface area contributed by atoms with E-state index < -0.39 is 0 Å². The topological polar surface area (TPSA) is 9.23 Å². The monoisotopic (exact) mass is 246 g/mol. The first kappa shape index (κ1) is 16.3. The van der Waals surface area contributed by atoms with Crippen LogP contribution >= 0.6 is 11.8 Å². The molecule has 2 heteroatoms. The van der Waals surface area contributed by atoms with E-state index in [0.29, 0.717) is 11.2 Å². The van der Waals surface area contributed by atoms with Gasteiger partial charge in [-0.1, -0.05) is 34.1 Å². The SMILES string of the molecule is CCC(C)CCOC(C)(C)C(C)C(C)SC. The highest BCUT2D eigenvalue weighted by Gasteiger charge is 2.30. The maximum Gasteiger partial charge on any atom is 0.0662 e. The average Bonchev–Trinajstić information content (AvgIpc) is 2.26. The van der Waals surface area contributed by atoms with Gasteiger partial charge in [-0.2, -0.15) is 11.8 Å². The summed E-state index contributed by atoms with van der Waals surface area (Å²) >= 11 is 1.92. The van der Waals surface area contributed by atoms with Gasteiger partial charge in [-0.15, -0.1) is 0 Å². The lowest BCUT2D eigenvalue weighted by molar-refractivity contribution is -0.0585. The average molecular weight is 246 g/mol. The van der Waals surface area contributed by atoms with Crippen molar-refractivity contribution in [3.8, 4) is 0 Å². The molecule has 0 saturated carbocycles. The molecule has 0 N–H and O–H groups in total. The minimum atomic E-state index is -0.00408. The van der Waals surface area contributed by atoms with Gasteiger partial charge in [0, 0.05) is 11.9 Å². The van der Waals surface area contributed by atoms with Crippen molar-refractivity contribution in [3.63, 3.8) is 0 Å². The number of rotatable bonds is 8. The van der Waals surface area contributed by atoms with Gasteiger partial charge >= 0.3 is 0 Å². The minimum absolute atomic E-state index is 0.00408. The van der Waals surface area contributed by atoms with Gasteiger partial charge in [0.15, 0.2) is 0 Å². The van der Waals surface area contributed by atoms with Crippen LogP contribution in [0.3, 0.4) is 0 Å². The Bertz CT molecular complexity index is 180. The third-order valence-corrected chi connectivity index (χ3v) is 5.11. The van der Waals surface area contributed by atoms with Crippen molar-refractivity contribution in [2.75, 3.05) is 12.9 Å². The summed E-state index contributed by atoms with van der Waals surface area (Å²) in [6.45, 7) is 14.5. The van der Waals surface area contributed by atoms with E-state index in [1.54, 1.807) is 0 Å². The molecule has 0 bridgehead atoms. The van der Waals surface area contributed by atoms with Crippen molar-refractivity contribution in [3.05, 3.63) is 0 Å². The highest BCUT2D eigenvalue weighted by Crippen LogP contribution is 2.30. The van der Waals surface area contributed by atoms with E-state index in [2.05, 4.69) is 47.8 Å². The molecule has 0 saturated heterocycles. The molecule has 0 aromatic carbocycles. The molecule has 0 radical (unpaired) electrons. The Kier molecular flexibility index (Phi) is 7.75. The zero-order chi connectivity index (χ0) is 12.8. The maximum atomic E-state index is 6.07. The third kappa shape index (κ3) is 5.58. The van der Waals surface area contributed by atoms with Crippen molar-refractivity contribution < 1.29 is 4.74 Å². The Hall–Kier alpha value is 0.310. The van der Waals surface area contributed by atoms with Crippen LogP contribution in [0, 0.1) is 11.8 Å². The molecule has 0 aromatic heterocycles. The second-order valence-electron chi connectivity index (χ2n) is 5.48. The molecule has 0 heterocycles. The van der Waals surface area contributed by atoms with Crippen LogP contribution in [0.4, 0.5) is 0 Å². The van der Waals surface area contributed by atoms with Crippen LogP contribution in [0.15, 0.2) is 0 Å². The van der Waals surface area contributed by atoms with Crippen molar-refractivity contribution in [1.82, 2.24) is 0 Å². The van der Waals surface area contributed by atoms with Crippen molar-refractivity contribution in [2.45, 2.75) is 65.2 Å². The van der Waals surface area contributed by atoms with Gasteiger partial charge < -0.3 is 4.74 Å². The fourth-order valence-corrected chi connectivity index (χ4v) is 2.36. The summed E-state index contributed by atoms with van der Waals surface area (Å²) in [5.41, 5.74) is -0.00408. The van der Waals surface area contributed by atoms with Gasteiger partial charge in [0.1, 0.15) is 0 Å². The Labute approximate surface area is 107 Å². The minimum Gasteiger partial charge on any atom is -0.375 e. The van der Waals surface area contributed by atoms with Crippen LogP contribution in [0.25, 0.3) is 0 Å². The van der Waals surface area contributed by atoms with Gasteiger partial charge in [-0.05, 0) is 38.4 Å². The molecule has 1 nitrogen and oxygen atoms in total. The predicted molar refractivity (Wildman–Crippen MR) is 76.2 cm³/mol. The van der Waals surface area contributed by atoms with Crippen LogP contribution in [0.1, 0.15) is 54.4 Å². The largest absolute Gasteiger partial charge is 0.375 e. The molecule has 0 fully saturated rings. The lowest BCUT2D eigenvalue weighted by Crippen LogP contribution is -2.38. The Morgan fingerprint density at radius 2 is 1.75 bits per heavy atom. The summed E-state index contributed by atoms with van der Waals surface area (Å²) in [6, 6.07) is 0. The van der Waals surface area contributed by atoms with Crippen LogP contribution in [0.5, 0.6) is 0 Å². The van der Waals surface area contributed by atoms with Crippen LogP contribution in [-0.2, 0) is 4.74 Å². The van der Waals surface area contributed by atoms with Crippen LogP contribution < -0.4 is 0 Å². The molecule has 0 amide bonds. The van der Waals surface area contributed by atoms with E-state index in [-0.39, 0.29) is 5.60 Å². The molecular weight excluding hydrogens is 216 g/mol. The molecule has 3 atom stereocenters. The standard InChI is InChI=1S/C14H30OS/c1-8-11(2)9-10-15-14(5,6)12(3)13(4)16-7/h11-13H,8-10H2,1-7H3. The maximum absolute atomic E-state index is 6.07. The van der Waals surface area contributed by atoms with Gasteiger partial charge in [0.2, 0.25) is 0 Å². The fourth-order valence-electron chi connectivity index (χ4n) is 1.63. The number of hydrogen-bond donors (Lipinski definition) is 0. The lowest BCUT2D eigenvalue weighted by Gasteiger charge is -2.35. The summed E-state index contributed by atoms with van der Waals surface area (Å²) in [5.74, 6) is 1.36. The molecule has 3 unspecified atom stereocenters. The van der Waals surface area contributed by atoms with Gasteiger partial charge in [0.05, 0.1) is 5.60 Å². The van der Waals surface area contributed by atoms with Crippen LogP contribution in [0.2, 0.25) is 0 Å². The van der Waals surface area contributed by atoms with E-state index >= 15 is 0 Å².